The monoisotopic (exact) mass is 268 g/mol. The van der Waals surface area contributed by atoms with Gasteiger partial charge in [0.15, 0.2) is 0 Å². The zero-order valence-electron chi connectivity index (χ0n) is 12.3. The van der Waals surface area contributed by atoms with E-state index in [1.165, 1.54) is 0 Å². The number of nitrogens with two attached hydrogens (primary N) is 1. The van der Waals surface area contributed by atoms with Crippen molar-refractivity contribution >= 4 is 17.8 Å². The van der Waals surface area contributed by atoms with Gasteiger partial charge in [-0.05, 0) is 19.3 Å². The van der Waals surface area contributed by atoms with Crippen LogP contribution in [-0.2, 0) is 0 Å². The predicted molar refractivity (Wildman–Crippen MR) is 77.1 cm³/mol. The van der Waals surface area contributed by atoms with Crippen molar-refractivity contribution in [2.45, 2.75) is 32.8 Å². The summed E-state index contributed by atoms with van der Waals surface area (Å²) in [6.45, 7) is 6.29. The van der Waals surface area contributed by atoms with Crippen LogP contribution >= 0.6 is 0 Å². The average Bonchev–Trinajstić information content (AvgIpc) is 2.24. The third kappa shape index (κ3) is 5.25. The molecule has 7 heteroatoms. The molecule has 1 aromatic heterocycles. The summed E-state index contributed by atoms with van der Waals surface area (Å²) in [6, 6.07) is 0. The molecule has 1 rings (SSSR count). The Morgan fingerprint density at radius 3 is 2.47 bits per heavy atom. The molecule has 0 radical (unpaired) electrons. The Balaban J connectivity index is 2.72. The Hall–Kier alpha value is -1.63. The van der Waals surface area contributed by atoms with Crippen LogP contribution in [0.5, 0.6) is 0 Å². The normalized spacial score (nSPS) is 14.3. The highest BCUT2D eigenvalue weighted by molar-refractivity contribution is 5.40. The second-order valence-corrected chi connectivity index (χ2v) is 5.66. The molecule has 1 unspecified atom stereocenters. The summed E-state index contributed by atoms with van der Waals surface area (Å²) in [5.74, 6) is 1.43. The SMILES string of the molecule is CC(C)CC(C)(O)CNc1nc(N)nc(N(C)C)n1. The minimum absolute atomic E-state index is 0.157. The highest BCUT2D eigenvalue weighted by atomic mass is 16.3. The summed E-state index contributed by atoms with van der Waals surface area (Å²) in [6.07, 6.45) is 0.696. The van der Waals surface area contributed by atoms with Crippen molar-refractivity contribution in [1.82, 2.24) is 15.0 Å². The van der Waals surface area contributed by atoms with Gasteiger partial charge in [0.1, 0.15) is 0 Å². The smallest absolute Gasteiger partial charge is 0.231 e. The minimum Gasteiger partial charge on any atom is -0.388 e. The van der Waals surface area contributed by atoms with E-state index in [4.69, 9.17) is 5.73 Å². The second-order valence-electron chi connectivity index (χ2n) is 5.66. The third-order valence-corrected chi connectivity index (χ3v) is 2.52. The summed E-state index contributed by atoms with van der Waals surface area (Å²) in [5.41, 5.74) is 4.81. The maximum Gasteiger partial charge on any atom is 0.231 e. The van der Waals surface area contributed by atoms with Crippen molar-refractivity contribution in [2.24, 2.45) is 5.92 Å². The first-order valence-electron chi connectivity index (χ1n) is 6.35. The molecule has 108 valence electrons. The molecule has 0 fully saturated rings. The zero-order valence-corrected chi connectivity index (χ0v) is 12.3. The molecule has 7 nitrogen and oxygen atoms in total. The van der Waals surface area contributed by atoms with Crippen LogP contribution < -0.4 is 16.0 Å². The lowest BCUT2D eigenvalue weighted by Crippen LogP contribution is -2.35. The highest BCUT2D eigenvalue weighted by Crippen LogP contribution is 2.17. The Morgan fingerprint density at radius 2 is 1.95 bits per heavy atom. The first-order chi connectivity index (χ1) is 8.69. The lowest BCUT2D eigenvalue weighted by Gasteiger charge is -2.25. The molecule has 0 aliphatic heterocycles. The Labute approximate surface area is 114 Å². The Morgan fingerprint density at radius 1 is 1.32 bits per heavy atom. The van der Waals surface area contributed by atoms with E-state index in [0.717, 1.165) is 0 Å². The van der Waals surface area contributed by atoms with Crippen LogP contribution in [0.1, 0.15) is 27.2 Å². The van der Waals surface area contributed by atoms with E-state index in [9.17, 15) is 5.11 Å². The lowest BCUT2D eigenvalue weighted by atomic mass is 9.94. The first kappa shape index (κ1) is 15.4. The van der Waals surface area contributed by atoms with Gasteiger partial charge >= 0.3 is 0 Å². The summed E-state index contributed by atoms with van der Waals surface area (Å²) in [4.78, 5) is 14.0. The van der Waals surface area contributed by atoms with E-state index in [-0.39, 0.29) is 5.95 Å². The first-order valence-corrected chi connectivity index (χ1v) is 6.35. The lowest BCUT2D eigenvalue weighted by molar-refractivity contribution is 0.0514. The largest absolute Gasteiger partial charge is 0.388 e. The quantitative estimate of drug-likeness (QED) is 0.699. The molecule has 0 aliphatic rings. The van der Waals surface area contributed by atoms with Gasteiger partial charge in [-0.25, -0.2) is 0 Å². The van der Waals surface area contributed by atoms with Gasteiger partial charge in [-0.15, -0.1) is 0 Å². The molecule has 1 heterocycles. The zero-order chi connectivity index (χ0) is 14.6. The van der Waals surface area contributed by atoms with E-state index in [2.05, 4.69) is 34.1 Å². The number of nitrogen functional groups attached to an aromatic ring is 1. The fourth-order valence-corrected chi connectivity index (χ4v) is 1.88. The average molecular weight is 268 g/mol. The van der Waals surface area contributed by atoms with Gasteiger partial charge in [0.05, 0.1) is 5.60 Å². The van der Waals surface area contributed by atoms with Crippen molar-refractivity contribution < 1.29 is 5.11 Å². The number of rotatable bonds is 6. The topological polar surface area (TPSA) is 100 Å². The van der Waals surface area contributed by atoms with Crippen LogP contribution in [0.2, 0.25) is 0 Å². The summed E-state index contributed by atoms with van der Waals surface area (Å²) in [5, 5.41) is 13.2. The number of aromatic nitrogens is 3. The van der Waals surface area contributed by atoms with E-state index in [1.54, 1.807) is 11.8 Å². The van der Waals surface area contributed by atoms with E-state index in [0.29, 0.717) is 30.8 Å². The molecule has 0 saturated heterocycles. The molecule has 1 atom stereocenters. The number of hydrogen-bond donors (Lipinski definition) is 3. The summed E-state index contributed by atoms with van der Waals surface area (Å²) < 4.78 is 0. The molecule has 0 amide bonds. The minimum atomic E-state index is -0.812. The molecule has 4 N–H and O–H groups in total. The van der Waals surface area contributed by atoms with E-state index >= 15 is 0 Å². The maximum atomic E-state index is 10.2. The number of anilines is 3. The summed E-state index contributed by atoms with van der Waals surface area (Å²) >= 11 is 0. The number of aliphatic hydroxyl groups is 1. The van der Waals surface area contributed by atoms with Crippen molar-refractivity contribution in [1.29, 1.82) is 0 Å². The third-order valence-electron chi connectivity index (χ3n) is 2.52. The van der Waals surface area contributed by atoms with Crippen LogP contribution in [0.3, 0.4) is 0 Å². The number of hydrogen-bond acceptors (Lipinski definition) is 7. The molecular weight excluding hydrogens is 244 g/mol. The molecular formula is C12H24N6O. The van der Waals surface area contributed by atoms with Gasteiger partial charge < -0.3 is 21.1 Å². The molecule has 0 saturated carbocycles. The number of nitrogens with zero attached hydrogens (tertiary/aromatic N) is 4. The van der Waals surface area contributed by atoms with Crippen LogP contribution in [0.15, 0.2) is 0 Å². The summed E-state index contributed by atoms with van der Waals surface area (Å²) in [7, 11) is 3.65. The van der Waals surface area contributed by atoms with E-state index < -0.39 is 5.60 Å². The van der Waals surface area contributed by atoms with Crippen LogP contribution in [0.25, 0.3) is 0 Å². The van der Waals surface area contributed by atoms with Gasteiger partial charge in [0.2, 0.25) is 17.8 Å². The van der Waals surface area contributed by atoms with Crippen molar-refractivity contribution in [3.05, 3.63) is 0 Å². The van der Waals surface area contributed by atoms with Crippen molar-refractivity contribution in [2.75, 3.05) is 36.6 Å². The van der Waals surface area contributed by atoms with Crippen molar-refractivity contribution in [3.8, 4) is 0 Å². The van der Waals surface area contributed by atoms with Crippen molar-refractivity contribution in [3.63, 3.8) is 0 Å². The van der Waals surface area contributed by atoms with Gasteiger partial charge in [-0.1, -0.05) is 13.8 Å². The van der Waals surface area contributed by atoms with Gasteiger partial charge in [0.25, 0.3) is 0 Å². The fourth-order valence-electron chi connectivity index (χ4n) is 1.88. The Kier molecular flexibility index (Phi) is 4.88. The fraction of sp³-hybridized carbons (Fsp3) is 0.750. The van der Waals surface area contributed by atoms with Crippen LogP contribution in [-0.4, -0.2) is 46.3 Å². The maximum absolute atomic E-state index is 10.2. The van der Waals surface area contributed by atoms with Gasteiger partial charge in [0, 0.05) is 20.6 Å². The van der Waals surface area contributed by atoms with Crippen LogP contribution in [0, 0.1) is 5.92 Å². The Bertz CT molecular complexity index is 419. The van der Waals surface area contributed by atoms with Gasteiger partial charge in [-0.3, -0.25) is 0 Å². The molecule has 0 aliphatic carbocycles. The molecule has 0 aromatic carbocycles. The standard InChI is InChI=1S/C12H24N6O/c1-8(2)6-12(3,19)7-14-10-15-9(13)16-11(17-10)18(4)5/h8,19H,6-7H2,1-5H3,(H3,13,14,15,16,17). The van der Waals surface area contributed by atoms with E-state index in [1.807, 2.05) is 14.1 Å². The molecule has 1 aromatic rings. The molecule has 19 heavy (non-hydrogen) atoms. The second kappa shape index (κ2) is 6.01. The number of nitrogens with one attached hydrogen (secondary N) is 1. The highest BCUT2D eigenvalue weighted by Gasteiger charge is 2.22. The molecule has 0 spiro atoms. The van der Waals surface area contributed by atoms with Gasteiger partial charge in [-0.2, -0.15) is 15.0 Å². The predicted octanol–water partition coefficient (Wildman–Crippen LogP) is 0.729. The van der Waals surface area contributed by atoms with Crippen LogP contribution in [0.4, 0.5) is 17.8 Å². The molecule has 0 bridgehead atoms.